The highest BCUT2D eigenvalue weighted by Crippen LogP contribution is 2.30. The topological polar surface area (TPSA) is 72.7 Å². The van der Waals surface area contributed by atoms with E-state index in [9.17, 15) is 4.79 Å². The number of nitrogens with one attached hydrogen (secondary N) is 1. The Labute approximate surface area is 195 Å². The van der Waals surface area contributed by atoms with E-state index in [1.807, 2.05) is 65.2 Å². The van der Waals surface area contributed by atoms with Gasteiger partial charge in [-0.05, 0) is 60.9 Å². The molecule has 1 aliphatic carbocycles. The number of aromatic nitrogens is 4. The second-order valence-corrected chi connectivity index (χ2v) is 8.97. The van der Waals surface area contributed by atoms with Crippen molar-refractivity contribution in [2.24, 2.45) is 0 Å². The summed E-state index contributed by atoms with van der Waals surface area (Å²) in [6, 6.07) is 19.5. The summed E-state index contributed by atoms with van der Waals surface area (Å²) < 4.78 is 2.00. The molecule has 1 aliphatic rings. The van der Waals surface area contributed by atoms with Crippen LogP contribution in [0.2, 0.25) is 5.02 Å². The fourth-order valence-electron chi connectivity index (χ4n) is 3.30. The first-order chi connectivity index (χ1) is 15.7. The van der Waals surface area contributed by atoms with Gasteiger partial charge in [-0.1, -0.05) is 41.6 Å². The smallest absolute Gasteiger partial charge is 0.251 e. The third kappa shape index (κ3) is 4.69. The molecular weight excluding hydrogens is 442 g/mol. The minimum absolute atomic E-state index is 0.00519. The monoisotopic (exact) mass is 461 g/mol. The Bertz CT molecular complexity index is 1240. The van der Waals surface area contributed by atoms with E-state index < -0.39 is 0 Å². The van der Waals surface area contributed by atoms with Crippen molar-refractivity contribution in [3.05, 3.63) is 89.2 Å². The number of hydrogen-bond donors (Lipinski definition) is 1. The average molecular weight is 462 g/mol. The number of hydrogen-bond acceptors (Lipinski definition) is 5. The molecule has 0 spiro atoms. The molecule has 2 aromatic heterocycles. The highest BCUT2D eigenvalue weighted by Gasteiger charge is 2.23. The van der Waals surface area contributed by atoms with Gasteiger partial charge in [0.25, 0.3) is 5.91 Å². The molecule has 0 bridgehead atoms. The lowest BCUT2D eigenvalue weighted by atomic mass is 10.1. The molecule has 0 saturated heterocycles. The van der Waals surface area contributed by atoms with Crippen molar-refractivity contribution in [1.29, 1.82) is 0 Å². The summed E-state index contributed by atoms with van der Waals surface area (Å²) in [5, 5.41) is 13.3. The normalized spacial score (nSPS) is 13.2. The number of carbonyl (C=O) groups excluding carboxylic acids is 1. The Morgan fingerprint density at radius 3 is 2.56 bits per heavy atom. The number of thioether (sulfide) groups is 1. The zero-order chi connectivity index (χ0) is 21.9. The Balaban J connectivity index is 1.39. The van der Waals surface area contributed by atoms with Crippen molar-refractivity contribution in [2.75, 3.05) is 0 Å². The summed E-state index contributed by atoms with van der Waals surface area (Å²) in [6.45, 7) is 0. The SMILES string of the molecule is O=C(NC1CC1)c1ccc(CSc2nnc(-c3ccncc3)n2-c2cccc(Cl)c2)cc1. The first-order valence-electron chi connectivity index (χ1n) is 10.3. The third-order valence-electron chi connectivity index (χ3n) is 5.13. The molecule has 0 unspecified atom stereocenters. The van der Waals surface area contributed by atoms with Crippen LogP contribution >= 0.6 is 23.4 Å². The van der Waals surface area contributed by atoms with Crippen LogP contribution in [0.5, 0.6) is 0 Å². The van der Waals surface area contributed by atoms with E-state index in [0.717, 1.165) is 40.6 Å². The fraction of sp³-hybridized carbons (Fsp3) is 0.167. The molecule has 0 radical (unpaired) electrons. The number of amides is 1. The van der Waals surface area contributed by atoms with Gasteiger partial charge in [0.15, 0.2) is 11.0 Å². The van der Waals surface area contributed by atoms with Crippen LogP contribution in [0.1, 0.15) is 28.8 Å². The number of pyridine rings is 1. The van der Waals surface area contributed by atoms with Crippen LogP contribution in [-0.2, 0) is 5.75 Å². The predicted molar refractivity (Wildman–Crippen MR) is 126 cm³/mol. The molecule has 160 valence electrons. The van der Waals surface area contributed by atoms with Crippen molar-refractivity contribution in [2.45, 2.75) is 29.8 Å². The van der Waals surface area contributed by atoms with Crippen molar-refractivity contribution in [3.8, 4) is 17.1 Å². The minimum atomic E-state index is -0.00519. The van der Waals surface area contributed by atoms with Gasteiger partial charge in [0, 0.05) is 40.3 Å². The summed E-state index contributed by atoms with van der Waals surface area (Å²) in [4.78, 5) is 16.3. The predicted octanol–water partition coefficient (Wildman–Crippen LogP) is 5.17. The van der Waals surface area contributed by atoms with Gasteiger partial charge in [-0.3, -0.25) is 14.3 Å². The lowest BCUT2D eigenvalue weighted by Crippen LogP contribution is -2.25. The standard InChI is InChI=1S/C24H20ClN5OS/c25-19-2-1-3-21(14-19)30-22(17-10-12-26-13-11-17)28-29-24(30)32-15-16-4-6-18(7-5-16)23(31)27-20-8-9-20/h1-7,10-14,20H,8-9,15H2,(H,27,31). The second-order valence-electron chi connectivity index (χ2n) is 7.59. The van der Waals surface area contributed by atoms with Crippen LogP contribution in [0.15, 0.2) is 78.2 Å². The molecule has 4 aromatic rings. The number of carbonyl (C=O) groups is 1. The van der Waals surface area contributed by atoms with Crippen LogP contribution in [-0.4, -0.2) is 31.7 Å². The lowest BCUT2D eigenvalue weighted by molar-refractivity contribution is 0.0951. The van der Waals surface area contributed by atoms with E-state index in [2.05, 4.69) is 20.5 Å². The minimum Gasteiger partial charge on any atom is -0.349 e. The lowest BCUT2D eigenvalue weighted by Gasteiger charge is -2.11. The summed E-state index contributed by atoms with van der Waals surface area (Å²) >= 11 is 7.84. The molecule has 2 heterocycles. The van der Waals surface area contributed by atoms with Crippen LogP contribution in [0, 0.1) is 0 Å². The van der Waals surface area contributed by atoms with Crippen molar-refractivity contribution in [3.63, 3.8) is 0 Å². The van der Waals surface area contributed by atoms with Crippen molar-refractivity contribution in [1.82, 2.24) is 25.1 Å². The van der Waals surface area contributed by atoms with Gasteiger partial charge < -0.3 is 5.32 Å². The molecule has 2 aromatic carbocycles. The largest absolute Gasteiger partial charge is 0.349 e. The average Bonchev–Trinajstić information content (AvgIpc) is 3.53. The van der Waals surface area contributed by atoms with E-state index in [-0.39, 0.29) is 5.91 Å². The summed E-state index contributed by atoms with van der Waals surface area (Å²) in [6.07, 6.45) is 5.63. The molecule has 1 amide bonds. The third-order valence-corrected chi connectivity index (χ3v) is 6.37. The van der Waals surface area contributed by atoms with E-state index in [4.69, 9.17) is 11.6 Å². The summed E-state index contributed by atoms with van der Waals surface area (Å²) in [5.74, 6) is 1.41. The molecule has 0 atom stereocenters. The molecule has 8 heteroatoms. The molecule has 1 N–H and O–H groups in total. The Morgan fingerprint density at radius 2 is 1.84 bits per heavy atom. The summed E-state index contributed by atoms with van der Waals surface area (Å²) in [7, 11) is 0. The molecule has 0 aliphatic heterocycles. The number of rotatable bonds is 7. The maximum Gasteiger partial charge on any atom is 0.251 e. The van der Waals surface area contributed by atoms with E-state index in [1.165, 1.54) is 0 Å². The zero-order valence-electron chi connectivity index (χ0n) is 17.1. The van der Waals surface area contributed by atoms with Crippen molar-refractivity contribution < 1.29 is 4.79 Å². The van der Waals surface area contributed by atoms with Crippen molar-refractivity contribution >= 4 is 29.3 Å². The van der Waals surface area contributed by atoms with Crippen LogP contribution < -0.4 is 5.32 Å². The van der Waals surface area contributed by atoms with Gasteiger partial charge in [0.2, 0.25) is 0 Å². The zero-order valence-corrected chi connectivity index (χ0v) is 18.7. The van der Waals surface area contributed by atoms with E-state index in [1.54, 1.807) is 24.2 Å². The van der Waals surface area contributed by atoms with Crippen LogP contribution in [0.4, 0.5) is 0 Å². The Kier molecular flexibility index (Phi) is 5.92. The number of benzene rings is 2. The summed E-state index contributed by atoms with van der Waals surface area (Å²) in [5.41, 5.74) is 3.60. The first kappa shape index (κ1) is 20.7. The highest BCUT2D eigenvalue weighted by atomic mass is 35.5. The van der Waals surface area contributed by atoms with Gasteiger partial charge in [0.1, 0.15) is 0 Å². The van der Waals surface area contributed by atoms with Crippen LogP contribution in [0.3, 0.4) is 0 Å². The van der Waals surface area contributed by atoms with Gasteiger partial charge in [-0.25, -0.2) is 0 Å². The molecule has 1 fully saturated rings. The van der Waals surface area contributed by atoms with Gasteiger partial charge in [-0.2, -0.15) is 0 Å². The molecule has 6 nitrogen and oxygen atoms in total. The number of nitrogens with zero attached hydrogens (tertiary/aromatic N) is 4. The van der Waals surface area contributed by atoms with E-state index in [0.29, 0.717) is 22.4 Å². The highest BCUT2D eigenvalue weighted by molar-refractivity contribution is 7.98. The maximum absolute atomic E-state index is 12.2. The first-order valence-corrected chi connectivity index (χ1v) is 11.7. The number of halogens is 1. The molecule has 5 rings (SSSR count). The quantitative estimate of drug-likeness (QED) is 0.384. The van der Waals surface area contributed by atoms with Gasteiger partial charge in [-0.15, -0.1) is 10.2 Å². The van der Waals surface area contributed by atoms with E-state index >= 15 is 0 Å². The van der Waals surface area contributed by atoms with Crippen LogP contribution in [0.25, 0.3) is 17.1 Å². The fourth-order valence-corrected chi connectivity index (χ4v) is 4.39. The van der Waals surface area contributed by atoms with Gasteiger partial charge in [0.05, 0.1) is 5.69 Å². The molecular formula is C24H20ClN5OS. The second kappa shape index (κ2) is 9.14. The Morgan fingerprint density at radius 1 is 1.06 bits per heavy atom. The maximum atomic E-state index is 12.2. The van der Waals surface area contributed by atoms with Gasteiger partial charge >= 0.3 is 0 Å². The Hall–Kier alpha value is -3.16. The molecule has 1 saturated carbocycles. The molecule has 32 heavy (non-hydrogen) atoms.